The fraction of sp³-hybridized carbons (Fsp3) is 0.526. The molecule has 0 spiro atoms. The highest BCUT2D eigenvalue weighted by Crippen LogP contribution is 2.44. The summed E-state index contributed by atoms with van der Waals surface area (Å²) >= 11 is 0. The van der Waals surface area contributed by atoms with E-state index in [9.17, 15) is 0 Å². The summed E-state index contributed by atoms with van der Waals surface area (Å²) in [7, 11) is 1.90. The Labute approximate surface area is 158 Å². The molecular weight excluding hydrogens is 340 g/mol. The van der Waals surface area contributed by atoms with Crippen LogP contribution < -0.4 is 16.0 Å². The van der Waals surface area contributed by atoms with Crippen LogP contribution in [0, 0.1) is 0 Å². The smallest absolute Gasteiger partial charge is 0.231 e. The summed E-state index contributed by atoms with van der Waals surface area (Å²) in [4.78, 5) is 12.9. The van der Waals surface area contributed by atoms with Crippen LogP contribution in [0.15, 0.2) is 18.6 Å². The highest BCUT2D eigenvalue weighted by Gasteiger charge is 2.29. The first-order valence-corrected chi connectivity index (χ1v) is 9.80. The first kappa shape index (κ1) is 16.6. The van der Waals surface area contributed by atoms with Crippen molar-refractivity contribution in [1.82, 2.24) is 30.0 Å². The number of hydrogen-bond donors (Lipinski definition) is 4. The minimum Gasteiger partial charge on any atom is -0.365 e. The molecule has 0 bridgehead atoms. The van der Waals surface area contributed by atoms with Gasteiger partial charge in [0, 0.05) is 38.1 Å². The molecule has 1 aliphatic heterocycles. The van der Waals surface area contributed by atoms with Crippen LogP contribution in [-0.2, 0) is 7.05 Å². The molecule has 1 aliphatic carbocycles. The summed E-state index contributed by atoms with van der Waals surface area (Å²) < 4.78 is 1.76. The predicted octanol–water partition coefficient (Wildman–Crippen LogP) is 2.86. The van der Waals surface area contributed by atoms with Crippen LogP contribution in [0.4, 0.5) is 17.5 Å². The lowest BCUT2D eigenvalue weighted by Gasteiger charge is -2.29. The first-order valence-electron chi connectivity index (χ1n) is 9.80. The van der Waals surface area contributed by atoms with Gasteiger partial charge in [-0.15, -0.1) is 0 Å². The Morgan fingerprint density at radius 3 is 2.78 bits per heavy atom. The molecule has 3 aromatic rings. The number of aromatic amines is 1. The van der Waals surface area contributed by atoms with E-state index in [0.717, 1.165) is 35.5 Å². The van der Waals surface area contributed by atoms with Crippen LogP contribution in [-0.4, -0.2) is 43.4 Å². The highest BCUT2D eigenvalue weighted by atomic mass is 15.3. The number of nitrogens with one attached hydrogen (secondary N) is 4. The van der Waals surface area contributed by atoms with E-state index in [4.69, 9.17) is 9.97 Å². The molecule has 8 heteroatoms. The van der Waals surface area contributed by atoms with Crippen LogP contribution in [0.5, 0.6) is 0 Å². The van der Waals surface area contributed by atoms with Crippen molar-refractivity contribution >= 4 is 28.5 Å². The predicted molar refractivity (Wildman–Crippen MR) is 106 cm³/mol. The Morgan fingerprint density at radius 2 is 2.07 bits per heavy atom. The van der Waals surface area contributed by atoms with Gasteiger partial charge < -0.3 is 20.9 Å². The SMILES string of the molecule is C[C@H]1CC[C@@H](Nc2nc(Nc3cnn(C)c3)nc3[nH]cc(C4CC4)c23)CN1. The van der Waals surface area contributed by atoms with Gasteiger partial charge in [-0.05, 0) is 44.1 Å². The van der Waals surface area contributed by atoms with Gasteiger partial charge in [-0.1, -0.05) is 0 Å². The van der Waals surface area contributed by atoms with Crippen molar-refractivity contribution in [3.05, 3.63) is 24.2 Å². The van der Waals surface area contributed by atoms with E-state index in [-0.39, 0.29) is 0 Å². The molecule has 0 radical (unpaired) electrons. The van der Waals surface area contributed by atoms with E-state index in [0.29, 0.717) is 23.9 Å². The number of piperidine rings is 1. The molecule has 0 aromatic carbocycles. The number of hydrogen-bond acceptors (Lipinski definition) is 6. The molecule has 5 rings (SSSR count). The minimum absolute atomic E-state index is 0.382. The molecular formula is C19H26N8. The van der Waals surface area contributed by atoms with E-state index >= 15 is 0 Å². The van der Waals surface area contributed by atoms with Crippen LogP contribution in [0.2, 0.25) is 0 Å². The Morgan fingerprint density at radius 1 is 1.19 bits per heavy atom. The molecule has 0 unspecified atom stereocenters. The first-order chi connectivity index (χ1) is 13.2. The van der Waals surface area contributed by atoms with Gasteiger partial charge >= 0.3 is 0 Å². The lowest BCUT2D eigenvalue weighted by molar-refractivity contribution is 0.398. The second-order valence-electron chi connectivity index (χ2n) is 7.89. The summed E-state index contributed by atoms with van der Waals surface area (Å²) in [6.45, 7) is 3.20. The molecule has 2 aliphatic rings. The molecule has 8 nitrogen and oxygen atoms in total. The number of H-pyrrole nitrogens is 1. The maximum atomic E-state index is 4.84. The minimum atomic E-state index is 0.382. The molecule has 27 heavy (non-hydrogen) atoms. The third-order valence-electron chi connectivity index (χ3n) is 5.54. The van der Waals surface area contributed by atoms with Gasteiger partial charge in [-0.3, -0.25) is 4.68 Å². The van der Waals surface area contributed by atoms with Crippen molar-refractivity contribution in [2.45, 2.75) is 50.6 Å². The maximum absolute atomic E-state index is 4.84. The van der Waals surface area contributed by atoms with E-state index < -0.39 is 0 Å². The fourth-order valence-corrected chi connectivity index (χ4v) is 3.86. The van der Waals surface area contributed by atoms with E-state index in [1.807, 2.05) is 13.2 Å². The number of nitrogens with zero attached hydrogens (tertiary/aromatic N) is 4. The van der Waals surface area contributed by atoms with Crippen molar-refractivity contribution in [2.75, 3.05) is 17.2 Å². The maximum Gasteiger partial charge on any atom is 0.231 e. The monoisotopic (exact) mass is 366 g/mol. The Balaban J connectivity index is 1.49. The topological polar surface area (TPSA) is 95.5 Å². The molecule has 142 valence electrons. The van der Waals surface area contributed by atoms with Gasteiger partial charge in [0.1, 0.15) is 11.5 Å². The molecule has 1 saturated heterocycles. The van der Waals surface area contributed by atoms with Crippen molar-refractivity contribution in [3.63, 3.8) is 0 Å². The van der Waals surface area contributed by atoms with E-state index in [2.05, 4.69) is 39.2 Å². The average Bonchev–Trinajstić information content (AvgIpc) is 3.28. The lowest BCUT2D eigenvalue weighted by Crippen LogP contribution is -2.43. The number of aryl methyl sites for hydroxylation is 1. The van der Waals surface area contributed by atoms with Crippen molar-refractivity contribution in [1.29, 1.82) is 0 Å². The van der Waals surface area contributed by atoms with Gasteiger partial charge in [0.25, 0.3) is 0 Å². The van der Waals surface area contributed by atoms with E-state index in [1.165, 1.54) is 24.8 Å². The Kier molecular flexibility index (Phi) is 4.00. The molecule has 3 aromatic heterocycles. The van der Waals surface area contributed by atoms with Gasteiger partial charge in [-0.25, -0.2) is 0 Å². The van der Waals surface area contributed by atoms with Crippen molar-refractivity contribution in [3.8, 4) is 0 Å². The quantitative estimate of drug-likeness (QED) is 0.555. The van der Waals surface area contributed by atoms with Gasteiger partial charge in [0.2, 0.25) is 5.95 Å². The number of anilines is 3. The van der Waals surface area contributed by atoms with Crippen molar-refractivity contribution < 1.29 is 0 Å². The molecule has 2 fully saturated rings. The van der Waals surface area contributed by atoms with E-state index in [1.54, 1.807) is 10.9 Å². The number of rotatable bonds is 5. The van der Waals surface area contributed by atoms with Crippen LogP contribution in [0.1, 0.15) is 44.1 Å². The van der Waals surface area contributed by atoms with Gasteiger partial charge in [-0.2, -0.15) is 15.1 Å². The third-order valence-corrected chi connectivity index (χ3v) is 5.54. The van der Waals surface area contributed by atoms with Crippen molar-refractivity contribution in [2.24, 2.45) is 7.05 Å². The van der Waals surface area contributed by atoms with Crippen LogP contribution >= 0.6 is 0 Å². The summed E-state index contributed by atoms with van der Waals surface area (Å²) in [5, 5.41) is 15.9. The Bertz CT molecular complexity index is 946. The second kappa shape index (κ2) is 6.53. The summed E-state index contributed by atoms with van der Waals surface area (Å²) in [6, 6.07) is 0.970. The number of fused-ring (bicyclic) bond motifs is 1. The van der Waals surface area contributed by atoms with Gasteiger partial charge in [0.15, 0.2) is 0 Å². The molecule has 4 heterocycles. The summed E-state index contributed by atoms with van der Waals surface area (Å²) in [6.07, 6.45) is 10.6. The largest absolute Gasteiger partial charge is 0.365 e. The average molecular weight is 366 g/mol. The molecule has 0 amide bonds. The van der Waals surface area contributed by atoms with Crippen LogP contribution in [0.25, 0.3) is 11.0 Å². The zero-order valence-corrected chi connectivity index (χ0v) is 15.8. The zero-order chi connectivity index (χ0) is 18.4. The standard InChI is InChI=1S/C19H26N8/c1-11-3-6-13(7-20-11)23-18-16-15(12-4-5-12)9-21-17(16)25-19(26-18)24-14-8-22-27(2)10-14/h8-13,20H,3-7H2,1-2H3,(H3,21,23,24,25,26)/t11-,13+/m0/s1. The lowest BCUT2D eigenvalue weighted by atomic mass is 10.0. The molecule has 4 N–H and O–H groups in total. The van der Waals surface area contributed by atoms with Crippen LogP contribution in [0.3, 0.4) is 0 Å². The molecule has 2 atom stereocenters. The summed E-state index contributed by atoms with van der Waals surface area (Å²) in [5.41, 5.74) is 3.11. The summed E-state index contributed by atoms with van der Waals surface area (Å²) in [5.74, 6) is 2.15. The number of aromatic nitrogens is 5. The zero-order valence-electron chi connectivity index (χ0n) is 15.8. The van der Waals surface area contributed by atoms with Gasteiger partial charge in [0.05, 0.1) is 17.3 Å². The normalized spacial score (nSPS) is 22.9. The Hall–Kier alpha value is -2.61. The molecule has 1 saturated carbocycles. The second-order valence-corrected chi connectivity index (χ2v) is 7.89. The third kappa shape index (κ3) is 3.37. The highest BCUT2D eigenvalue weighted by molar-refractivity contribution is 5.92. The fourth-order valence-electron chi connectivity index (χ4n) is 3.86.